The second-order valence-electron chi connectivity index (χ2n) is 8.21. The number of carbonyl (C=O) groups is 1. The van der Waals surface area contributed by atoms with Gasteiger partial charge in [0.15, 0.2) is 0 Å². The third kappa shape index (κ3) is 4.36. The molecule has 0 radical (unpaired) electrons. The van der Waals surface area contributed by atoms with E-state index in [1.165, 1.54) is 11.8 Å². The van der Waals surface area contributed by atoms with Crippen LogP contribution in [0, 0.1) is 18.3 Å². The second kappa shape index (κ2) is 10.0. The Morgan fingerprint density at radius 1 is 1.21 bits per heavy atom. The quantitative estimate of drug-likeness (QED) is 0.443. The van der Waals surface area contributed by atoms with Gasteiger partial charge in [-0.25, -0.2) is 0 Å². The first-order valence-corrected chi connectivity index (χ1v) is 12.4. The molecule has 1 aromatic carbocycles. The van der Waals surface area contributed by atoms with Crippen LogP contribution >= 0.6 is 24.0 Å². The van der Waals surface area contributed by atoms with Crippen LogP contribution in [0.5, 0.6) is 5.75 Å². The average molecular weight is 495 g/mol. The number of aromatic nitrogens is 1. The van der Waals surface area contributed by atoms with E-state index in [1.54, 1.807) is 23.5 Å². The Morgan fingerprint density at radius 3 is 2.47 bits per heavy atom. The number of carbonyl (C=O) groups excluding carboxylic acids is 1. The van der Waals surface area contributed by atoms with Gasteiger partial charge >= 0.3 is 0 Å². The fourth-order valence-corrected chi connectivity index (χ4v) is 5.62. The molecule has 0 bridgehead atoms. The molecule has 34 heavy (non-hydrogen) atoms. The SMILES string of the molecule is CCn1c(N2CCCC2)c(C=C2SC(=S)N(Cc3ccc(OC)cc3)C2=O)c(C)c(C#N)c1=O. The molecule has 2 saturated heterocycles. The first-order chi connectivity index (χ1) is 16.4. The van der Waals surface area contributed by atoms with E-state index < -0.39 is 0 Å². The molecular formula is C25H26N4O3S2. The number of rotatable bonds is 6. The smallest absolute Gasteiger partial charge is 0.270 e. The highest BCUT2D eigenvalue weighted by molar-refractivity contribution is 8.26. The van der Waals surface area contributed by atoms with Crippen LogP contribution in [0.15, 0.2) is 34.0 Å². The zero-order chi connectivity index (χ0) is 24.4. The Kier molecular flexibility index (Phi) is 7.10. The minimum Gasteiger partial charge on any atom is -0.497 e. The standard InChI is InChI=1S/C25H26N4O3S2/c1-4-28-22(27-11-5-6-12-27)19(16(2)20(14-26)23(28)30)13-21-24(31)29(25(33)34-21)15-17-7-9-18(32-3)10-8-17/h7-10,13H,4-6,11-12,15H2,1-3H3. The van der Waals surface area contributed by atoms with Gasteiger partial charge < -0.3 is 9.64 Å². The van der Waals surface area contributed by atoms with Gasteiger partial charge in [0.05, 0.1) is 18.6 Å². The molecule has 2 aliphatic heterocycles. The second-order valence-corrected chi connectivity index (χ2v) is 9.88. The number of methoxy groups -OCH3 is 1. The van der Waals surface area contributed by atoms with Crippen molar-refractivity contribution >= 4 is 46.1 Å². The predicted molar refractivity (Wildman–Crippen MR) is 139 cm³/mol. The molecular weight excluding hydrogens is 468 g/mol. The zero-order valence-corrected chi connectivity index (χ0v) is 21.1. The Morgan fingerprint density at radius 2 is 1.88 bits per heavy atom. The Bertz CT molecular complexity index is 1270. The van der Waals surface area contributed by atoms with E-state index in [-0.39, 0.29) is 17.0 Å². The van der Waals surface area contributed by atoms with Crippen molar-refractivity contribution < 1.29 is 9.53 Å². The molecule has 0 N–H and O–H groups in total. The van der Waals surface area contributed by atoms with E-state index >= 15 is 0 Å². The summed E-state index contributed by atoms with van der Waals surface area (Å²) in [6.07, 6.45) is 3.89. The molecule has 2 aromatic rings. The van der Waals surface area contributed by atoms with E-state index in [2.05, 4.69) is 11.0 Å². The molecule has 0 atom stereocenters. The maximum Gasteiger partial charge on any atom is 0.270 e. The van der Waals surface area contributed by atoms with Crippen molar-refractivity contribution in [2.24, 2.45) is 0 Å². The molecule has 0 unspecified atom stereocenters. The molecule has 4 rings (SSSR count). The molecule has 7 nitrogen and oxygen atoms in total. The van der Waals surface area contributed by atoms with E-state index in [0.29, 0.717) is 27.9 Å². The molecule has 1 amide bonds. The van der Waals surface area contributed by atoms with Crippen molar-refractivity contribution in [1.29, 1.82) is 5.26 Å². The van der Waals surface area contributed by atoms with Gasteiger partial charge in [-0.1, -0.05) is 36.1 Å². The Hall–Kier alpha value is -3.09. The summed E-state index contributed by atoms with van der Waals surface area (Å²) < 4.78 is 7.34. The maximum atomic E-state index is 13.3. The molecule has 176 valence electrons. The van der Waals surface area contributed by atoms with E-state index in [9.17, 15) is 14.9 Å². The Labute approximate surface area is 208 Å². The average Bonchev–Trinajstić information content (AvgIpc) is 3.46. The summed E-state index contributed by atoms with van der Waals surface area (Å²) in [6.45, 7) is 6.16. The summed E-state index contributed by atoms with van der Waals surface area (Å²) in [4.78, 5) is 30.6. The molecule has 3 heterocycles. The van der Waals surface area contributed by atoms with Crippen LogP contribution in [0.1, 0.15) is 42.0 Å². The first-order valence-electron chi connectivity index (χ1n) is 11.2. The van der Waals surface area contributed by atoms with E-state index in [0.717, 1.165) is 48.6 Å². The normalized spacial score (nSPS) is 17.1. The minimum atomic E-state index is -0.284. The van der Waals surface area contributed by atoms with Crippen molar-refractivity contribution in [3.8, 4) is 11.8 Å². The first kappa shape index (κ1) is 24.0. The number of nitrogens with zero attached hydrogens (tertiary/aromatic N) is 4. The van der Waals surface area contributed by atoms with E-state index in [4.69, 9.17) is 17.0 Å². The number of anilines is 1. The number of hydrogen-bond acceptors (Lipinski definition) is 7. The lowest BCUT2D eigenvalue weighted by atomic mass is 10.0. The molecule has 0 aliphatic carbocycles. The van der Waals surface area contributed by atoms with Gasteiger partial charge in [0, 0.05) is 25.2 Å². The molecule has 2 fully saturated rings. The van der Waals surface area contributed by atoms with Crippen LogP contribution in [0.2, 0.25) is 0 Å². The van der Waals surface area contributed by atoms with Crippen LogP contribution in [-0.4, -0.2) is 39.9 Å². The van der Waals surface area contributed by atoms with Crippen molar-refractivity contribution in [1.82, 2.24) is 9.47 Å². The number of hydrogen-bond donors (Lipinski definition) is 0. The summed E-state index contributed by atoms with van der Waals surface area (Å²) in [5.41, 5.74) is 2.11. The number of thiocarbonyl (C=S) groups is 1. The zero-order valence-electron chi connectivity index (χ0n) is 19.5. The van der Waals surface area contributed by atoms with E-state index in [1.807, 2.05) is 37.3 Å². The summed E-state index contributed by atoms with van der Waals surface area (Å²) in [5, 5.41) is 9.69. The molecule has 2 aliphatic rings. The number of benzene rings is 1. The topological polar surface area (TPSA) is 78.6 Å². The lowest BCUT2D eigenvalue weighted by Crippen LogP contribution is -2.32. The lowest BCUT2D eigenvalue weighted by Gasteiger charge is -2.26. The summed E-state index contributed by atoms with van der Waals surface area (Å²) in [7, 11) is 1.61. The number of pyridine rings is 1. The van der Waals surface area contributed by atoms with Crippen molar-refractivity contribution in [2.75, 3.05) is 25.1 Å². The largest absolute Gasteiger partial charge is 0.497 e. The third-order valence-electron chi connectivity index (χ3n) is 6.22. The fraction of sp³-hybridized carbons (Fsp3) is 0.360. The lowest BCUT2D eigenvalue weighted by molar-refractivity contribution is -0.122. The maximum absolute atomic E-state index is 13.3. The van der Waals surface area contributed by atoms with Crippen LogP contribution in [0.3, 0.4) is 0 Å². The highest BCUT2D eigenvalue weighted by Gasteiger charge is 2.33. The van der Waals surface area contributed by atoms with Crippen LogP contribution in [-0.2, 0) is 17.9 Å². The van der Waals surface area contributed by atoms with Crippen LogP contribution in [0.25, 0.3) is 6.08 Å². The van der Waals surface area contributed by atoms with Gasteiger partial charge in [-0.05, 0) is 56.0 Å². The van der Waals surface area contributed by atoms with Crippen LogP contribution < -0.4 is 15.2 Å². The highest BCUT2D eigenvalue weighted by Crippen LogP contribution is 2.37. The number of thioether (sulfide) groups is 1. The fourth-order valence-electron chi connectivity index (χ4n) is 4.39. The van der Waals surface area contributed by atoms with Gasteiger partial charge in [0.25, 0.3) is 11.5 Å². The number of ether oxygens (including phenoxy) is 1. The highest BCUT2D eigenvalue weighted by atomic mass is 32.2. The van der Waals surface area contributed by atoms with Gasteiger partial charge in [0.1, 0.15) is 27.5 Å². The number of amides is 1. The van der Waals surface area contributed by atoms with Crippen LogP contribution in [0.4, 0.5) is 5.82 Å². The number of nitriles is 1. The van der Waals surface area contributed by atoms with Gasteiger partial charge in [-0.15, -0.1) is 0 Å². The predicted octanol–water partition coefficient (Wildman–Crippen LogP) is 4.06. The van der Waals surface area contributed by atoms with Crippen molar-refractivity contribution in [3.05, 3.63) is 61.8 Å². The molecule has 0 spiro atoms. The summed E-state index contributed by atoms with van der Waals surface area (Å²) in [5.74, 6) is 1.35. The summed E-state index contributed by atoms with van der Waals surface area (Å²) >= 11 is 6.78. The molecule has 1 aromatic heterocycles. The van der Waals surface area contributed by atoms with Gasteiger partial charge in [0.2, 0.25) is 0 Å². The molecule has 9 heteroatoms. The minimum absolute atomic E-state index is 0.116. The van der Waals surface area contributed by atoms with Crippen molar-refractivity contribution in [2.45, 2.75) is 39.8 Å². The monoisotopic (exact) mass is 494 g/mol. The summed E-state index contributed by atoms with van der Waals surface area (Å²) in [6, 6.07) is 9.60. The van der Waals surface area contributed by atoms with Crippen molar-refractivity contribution in [3.63, 3.8) is 0 Å². The van der Waals surface area contributed by atoms with Gasteiger partial charge in [-0.3, -0.25) is 19.1 Å². The third-order valence-corrected chi connectivity index (χ3v) is 7.59. The molecule has 0 saturated carbocycles. The Balaban J connectivity index is 1.76. The van der Waals surface area contributed by atoms with Gasteiger partial charge in [-0.2, -0.15) is 5.26 Å².